The number of fused-ring (bicyclic) bond motifs is 1. The predicted octanol–water partition coefficient (Wildman–Crippen LogP) is 5.65. The number of nitrogens with zero attached hydrogens (tertiary/aromatic N) is 6. The van der Waals surface area contributed by atoms with Crippen LogP contribution in [0, 0.1) is 6.92 Å². The van der Waals surface area contributed by atoms with E-state index >= 15 is 0 Å². The highest BCUT2D eigenvalue weighted by molar-refractivity contribution is 6.30. The van der Waals surface area contributed by atoms with Crippen molar-refractivity contribution in [2.45, 2.75) is 26.4 Å². The third kappa shape index (κ3) is 6.52. The van der Waals surface area contributed by atoms with Gasteiger partial charge in [-0.2, -0.15) is 22.7 Å². The molecule has 0 fully saturated rings. The number of hydrogen-bond donors (Lipinski definition) is 1. The molecule has 0 aliphatic carbocycles. The molecule has 1 N–H and O–H groups in total. The summed E-state index contributed by atoms with van der Waals surface area (Å²) in [6.07, 6.45) is -0.795. The Morgan fingerprint density at radius 2 is 1.79 bits per heavy atom. The van der Waals surface area contributed by atoms with Crippen LogP contribution in [0.2, 0.25) is 5.02 Å². The molecule has 0 saturated carbocycles. The largest absolute Gasteiger partial charge is 0.495 e. The van der Waals surface area contributed by atoms with E-state index in [0.717, 1.165) is 29.9 Å². The molecule has 3 aromatic heterocycles. The van der Waals surface area contributed by atoms with Crippen molar-refractivity contribution in [1.82, 2.24) is 29.1 Å². The highest BCUT2D eigenvalue weighted by atomic mass is 35.5. The van der Waals surface area contributed by atoms with Crippen LogP contribution in [-0.2, 0) is 17.4 Å². The van der Waals surface area contributed by atoms with Gasteiger partial charge in [0.2, 0.25) is 0 Å². The molecule has 0 bridgehead atoms. The van der Waals surface area contributed by atoms with Crippen LogP contribution < -0.4 is 4.74 Å². The molecule has 5 aromatic rings. The van der Waals surface area contributed by atoms with Crippen LogP contribution in [0.3, 0.4) is 0 Å². The smallest absolute Gasteiger partial charge is 0.433 e. The van der Waals surface area contributed by atoms with E-state index < -0.39 is 17.8 Å². The van der Waals surface area contributed by atoms with Crippen LogP contribution in [0.5, 0.6) is 5.75 Å². The van der Waals surface area contributed by atoms with Gasteiger partial charge in [-0.3, -0.25) is 4.79 Å². The van der Waals surface area contributed by atoms with Gasteiger partial charge in [0.05, 0.1) is 30.5 Å². The van der Waals surface area contributed by atoms with Gasteiger partial charge in [0.25, 0.3) is 11.7 Å². The number of aryl methyl sites for hydroxylation is 1. The van der Waals surface area contributed by atoms with E-state index in [2.05, 4.69) is 20.1 Å². The van der Waals surface area contributed by atoms with Crippen molar-refractivity contribution in [1.29, 1.82) is 0 Å². The molecule has 39 heavy (non-hydrogen) atoms. The summed E-state index contributed by atoms with van der Waals surface area (Å²) >= 11 is 5.95. The first kappa shape index (κ1) is 27.6. The standard InChI is InChI=1S/C24H18ClF3N6O.C2H4O2/c1-14-12-33(13-29-14)18-8-3-15(9-20(18)35-2)10-22-31-23-30-21(24(26,27)28)11-19(34(23)32-22)16-4-6-17(25)7-5-16;1-2(3)4/h3-9,11-13H,10H2,1-2H3;1H3,(H,3,4). The molecule has 9 nitrogen and oxygen atoms in total. The van der Waals surface area contributed by atoms with Crippen molar-refractivity contribution in [2.75, 3.05) is 7.11 Å². The van der Waals surface area contributed by atoms with Crippen molar-refractivity contribution in [3.63, 3.8) is 0 Å². The Labute approximate surface area is 225 Å². The number of aliphatic carboxylic acids is 1. The second-order valence-electron chi connectivity index (χ2n) is 8.40. The van der Waals surface area contributed by atoms with Crippen molar-refractivity contribution in [3.8, 4) is 22.7 Å². The zero-order chi connectivity index (χ0) is 28.3. The first-order valence-electron chi connectivity index (χ1n) is 11.4. The predicted molar refractivity (Wildman–Crippen MR) is 137 cm³/mol. The zero-order valence-electron chi connectivity index (χ0n) is 20.9. The van der Waals surface area contributed by atoms with Gasteiger partial charge in [-0.1, -0.05) is 29.8 Å². The van der Waals surface area contributed by atoms with E-state index in [4.69, 9.17) is 26.2 Å². The molecular formula is C26H22ClF3N6O3. The topological polar surface area (TPSA) is 107 Å². The molecule has 3 heterocycles. The van der Waals surface area contributed by atoms with E-state index in [1.54, 1.807) is 37.7 Å². The number of ether oxygens (including phenoxy) is 1. The lowest BCUT2D eigenvalue weighted by Crippen LogP contribution is -2.11. The highest BCUT2D eigenvalue weighted by Crippen LogP contribution is 2.32. The number of benzene rings is 2. The van der Waals surface area contributed by atoms with E-state index in [-0.39, 0.29) is 17.9 Å². The number of aromatic nitrogens is 6. The summed E-state index contributed by atoms with van der Waals surface area (Å²) in [5.74, 6) is -0.0411. The molecule has 2 aromatic carbocycles. The fourth-order valence-corrected chi connectivity index (χ4v) is 3.86. The number of carboxylic acids is 1. The monoisotopic (exact) mass is 558 g/mol. The molecule has 0 aliphatic heterocycles. The fraction of sp³-hybridized carbons (Fsp3) is 0.192. The third-order valence-electron chi connectivity index (χ3n) is 5.38. The van der Waals surface area contributed by atoms with Crippen molar-refractivity contribution < 1.29 is 27.8 Å². The number of hydrogen-bond acceptors (Lipinski definition) is 6. The van der Waals surface area contributed by atoms with Crippen LogP contribution in [0.4, 0.5) is 13.2 Å². The molecule has 0 aliphatic rings. The van der Waals surface area contributed by atoms with Gasteiger partial charge < -0.3 is 14.4 Å². The lowest BCUT2D eigenvalue weighted by atomic mass is 10.1. The maximum Gasteiger partial charge on any atom is 0.433 e. The maximum atomic E-state index is 13.5. The SMILES string of the molecule is CC(=O)O.COc1cc(Cc2nc3nc(C(F)(F)F)cc(-c4ccc(Cl)cc4)n3n2)ccc1-n1cnc(C)c1. The lowest BCUT2D eigenvalue weighted by Gasteiger charge is -2.10. The average molecular weight is 559 g/mol. The molecule has 13 heteroatoms. The van der Waals surface area contributed by atoms with E-state index in [9.17, 15) is 13.2 Å². The minimum absolute atomic E-state index is 0.141. The summed E-state index contributed by atoms with van der Waals surface area (Å²) in [4.78, 5) is 21.2. The molecular weight excluding hydrogens is 537 g/mol. The summed E-state index contributed by atoms with van der Waals surface area (Å²) in [5, 5.41) is 12.3. The number of carbonyl (C=O) groups is 1. The van der Waals surface area contributed by atoms with Gasteiger partial charge in [-0.15, -0.1) is 5.10 Å². The van der Waals surface area contributed by atoms with Gasteiger partial charge in [0, 0.05) is 30.1 Å². The van der Waals surface area contributed by atoms with Gasteiger partial charge in [0.1, 0.15) is 5.75 Å². The third-order valence-corrected chi connectivity index (χ3v) is 5.63. The van der Waals surface area contributed by atoms with E-state index in [1.165, 1.54) is 4.52 Å². The van der Waals surface area contributed by atoms with Gasteiger partial charge in [-0.25, -0.2) is 9.97 Å². The minimum Gasteiger partial charge on any atom is -0.495 e. The Morgan fingerprint density at radius 3 is 2.38 bits per heavy atom. The second kappa shape index (κ2) is 11.1. The Bertz CT molecular complexity index is 1630. The Kier molecular flexibility index (Phi) is 7.86. The van der Waals surface area contributed by atoms with Crippen LogP contribution in [0.25, 0.3) is 22.7 Å². The summed E-state index contributed by atoms with van der Waals surface area (Å²) < 4.78 is 49.3. The molecule has 0 saturated heterocycles. The van der Waals surface area contributed by atoms with Crippen molar-refractivity contribution in [2.24, 2.45) is 0 Å². The van der Waals surface area contributed by atoms with Crippen LogP contribution in [0.1, 0.15) is 29.7 Å². The van der Waals surface area contributed by atoms with Crippen LogP contribution in [0.15, 0.2) is 61.1 Å². The highest BCUT2D eigenvalue weighted by Gasteiger charge is 2.34. The summed E-state index contributed by atoms with van der Waals surface area (Å²) in [6, 6.07) is 13.0. The summed E-state index contributed by atoms with van der Waals surface area (Å²) in [7, 11) is 1.57. The number of halogens is 4. The van der Waals surface area contributed by atoms with Gasteiger partial charge >= 0.3 is 6.18 Å². The Hall–Kier alpha value is -4.45. The Balaban J connectivity index is 0.000000826. The van der Waals surface area contributed by atoms with E-state index in [1.807, 2.05) is 35.9 Å². The molecule has 0 amide bonds. The normalized spacial score (nSPS) is 11.3. The number of methoxy groups -OCH3 is 1. The summed E-state index contributed by atoms with van der Waals surface area (Å²) in [5.41, 5.74) is 2.16. The second-order valence-corrected chi connectivity index (χ2v) is 8.83. The fourth-order valence-electron chi connectivity index (χ4n) is 3.74. The molecule has 5 rings (SSSR count). The molecule has 0 atom stereocenters. The van der Waals surface area contributed by atoms with Crippen molar-refractivity contribution >= 4 is 23.3 Å². The first-order chi connectivity index (χ1) is 18.4. The van der Waals surface area contributed by atoms with E-state index in [0.29, 0.717) is 22.2 Å². The van der Waals surface area contributed by atoms with Crippen LogP contribution >= 0.6 is 11.6 Å². The lowest BCUT2D eigenvalue weighted by molar-refractivity contribution is -0.141. The zero-order valence-corrected chi connectivity index (χ0v) is 21.7. The maximum absolute atomic E-state index is 13.5. The quantitative estimate of drug-likeness (QED) is 0.297. The van der Waals surface area contributed by atoms with Crippen molar-refractivity contribution in [3.05, 3.63) is 88.9 Å². The molecule has 202 valence electrons. The molecule has 0 radical (unpaired) electrons. The minimum atomic E-state index is -4.64. The van der Waals surface area contributed by atoms with Gasteiger partial charge in [0.15, 0.2) is 11.5 Å². The number of alkyl halides is 3. The first-order valence-corrected chi connectivity index (χ1v) is 11.8. The molecule has 0 unspecified atom stereocenters. The number of carboxylic acid groups (broad SMARTS) is 1. The Morgan fingerprint density at radius 1 is 1.10 bits per heavy atom. The van der Waals surface area contributed by atoms with Gasteiger partial charge in [-0.05, 0) is 42.8 Å². The van der Waals surface area contributed by atoms with Crippen LogP contribution in [-0.4, -0.2) is 47.3 Å². The summed E-state index contributed by atoms with van der Waals surface area (Å²) in [6.45, 7) is 2.98. The molecule has 0 spiro atoms. The number of rotatable bonds is 5. The number of imidazole rings is 1. The average Bonchev–Trinajstić information content (AvgIpc) is 3.48.